The number of amides is 1. The van der Waals surface area contributed by atoms with Crippen LogP contribution in [0.2, 0.25) is 5.02 Å². The maximum absolute atomic E-state index is 12.1. The first kappa shape index (κ1) is 19.4. The van der Waals surface area contributed by atoms with Gasteiger partial charge in [-0.3, -0.25) is 9.59 Å². The molecule has 26 heavy (non-hydrogen) atoms. The average Bonchev–Trinajstić information content (AvgIpc) is 2.61. The predicted molar refractivity (Wildman–Crippen MR) is 101 cm³/mol. The fourth-order valence-corrected chi connectivity index (χ4v) is 2.29. The van der Waals surface area contributed by atoms with Crippen molar-refractivity contribution < 1.29 is 19.1 Å². The molecule has 2 aromatic rings. The van der Waals surface area contributed by atoms with Gasteiger partial charge in [-0.1, -0.05) is 41.9 Å². The van der Waals surface area contributed by atoms with Crippen LogP contribution in [0, 0.1) is 0 Å². The summed E-state index contributed by atoms with van der Waals surface area (Å²) in [6.07, 6.45) is 1.73. The lowest BCUT2D eigenvalue weighted by molar-refractivity contribution is -0.148. The van der Waals surface area contributed by atoms with E-state index in [9.17, 15) is 14.4 Å². The Morgan fingerprint density at radius 3 is 2.54 bits per heavy atom. The minimum Gasteiger partial charge on any atom is -0.449 e. The van der Waals surface area contributed by atoms with Gasteiger partial charge in [-0.15, -0.1) is 0 Å². The minimum absolute atomic E-state index is 0.106. The molecule has 0 spiro atoms. The van der Waals surface area contributed by atoms with Gasteiger partial charge in [-0.25, -0.2) is 4.79 Å². The summed E-state index contributed by atoms with van der Waals surface area (Å²) in [6.45, 7) is 2.90. The van der Waals surface area contributed by atoms with Crippen molar-refractivity contribution in [3.63, 3.8) is 0 Å². The SMILES string of the molecule is CC(=O)c1cccc(NC(=O)[C@@H](C)OC(=O)/C=C/c2ccccc2Cl)c1. The van der Waals surface area contributed by atoms with Crippen LogP contribution in [-0.2, 0) is 14.3 Å². The van der Waals surface area contributed by atoms with E-state index < -0.39 is 18.0 Å². The third-order valence-electron chi connectivity index (χ3n) is 3.50. The molecule has 0 heterocycles. The van der Waals surface area contributed by atoms with E-state index in [1.807, 2.05) is 0 Å². The number of anilines is 1. The van der Waals surface area contributed by atoms with Gasteiger partial charge < -0.3 is 10.1 Å². The number of Topliss-reactive ketones (excluding diaryl/α,β-unsaturated/α-hetero) is 1. The number of esters is 1. The molecule has 0 aliphatic rings. The van der Waals surface area contributed by atoms with Gasteiger partial charge in [-0.2, -0.15) is 0 Å². The molecule has 0 aliphatic heterocycles. The fourth-order valence-electron chi connectivity index (χ4n) is 2.09. The molecule has 0 aliphatic carbocycles. The number of halogens is 1. The zero-order valence-corrected chi connectivity index (χ0v) is 15.1. The third kappa shape index (κ3) is 5.57. The Hall–Kier alpha value is -2.92. The molecular formula is C20H18ClNO4. The molecule has 0 aromatic heterocycles. The zero-order valence-electron chi connectivity index (χ0n) is 14.4. The molecule has 0 unspecified atom stereocenters. The van der Waals surface area contributed by atoms with Crippen LogP contribution < -0.4 is 5.32 Å². The van der Waals surface area contributed by atoms with Gasteiger partial charge in [0.2, 0.25) is 0 Å². The number of carbonyl (C=O) groups is 3. The van der Waals surface area contributed by atoms with E-state index in [-0.39, 0.29) is 5.78 Å². The summed E-state index contributed by atoms with van der Waals surface area (Å²) in [7, 11) is 0. The lowest BCUT2D eigenvalue weighted by Crippen LogP contribution is -2.29. The van der Waals surface area contributed by atoms with Gasteiger partial charge in [0.05, 0.1) is 0 Å². The van der Waals surface area contributed by atoms with Crippen molar-refractivity contribution in [1.82, 2.24) is 0 Å². The first-order valence-electron chi connectivity index (χ1n) is 7.92. The van der Waals surface area contributed by atoms with Gasteiger partial charge in [0, 0.05) is 22.3 Å². The Morgan fingerprint density at radius 1 is 1.12 bits per heavy atom. The number of benzene rings is 2. The van der Waals surface area contributed by atoms with Crippen LogP contribution in [0.15, 0.2) is 54.6 Å². The van der Waals surface area contributed by atoms with E-state index in [0.717, 1.165) is 0 Å². The second-order valence-corrected chi connectivity index (χ2v) is 5.97. The van der Waals surface area contributed by atoms with Crippen LogP contribution in [-0.4, -0.2) is 23.8 Å². The number of ketones is 1. The first-order valence-corrected chi connectivity index (χ1v) is 8.29. The van der Waals surface area contributed by atoms with Crippen LogP contribution in [0.3, 0.4) is 0 Å². The van der Waals surface area contributed by atoms with Crippen LogP contribution in [0.5, 0.6) is 0 Å². The highest BCUT2D eigenvalue weighted by molar-refractivity contribution is 6.32. The smallest absolute Gasteiger partial charge is 0.331 e. The van der Waals surface area contributed by atoms with Crippen molar-refractivity contribution in [1.29, 1.82) is 0 Å². The number of rotatable bonds is 6. The minimum atomic E-state index is -1.00. The van der Waals surface area contributed by atoms with E-state index in [1.165, 1.54) is 26.0 Å². The van der Waals surface area contributed by atoms with Gasteiger partial charge in [0.15, 0.2) is 11.9 Å². The Balaban J connectivity index is 1.94. The van der Waals surface area contributed by atoms with Gasteiger partial charge in [0.1, 0.15) is 0 Å². The van der Waals surface area contributed by atoms with E-state index in [1.54, 1.807) is 48.5 Å². The summed E-state index contributed by atoms with van der Waals surface area (Å²) in [4.78, 5) is 35.4. The standard InChI is InChI=1S/C20H18ClNO4/c1-13(23)16-7-5-8-17(12-16)22-20(25)14(2)26-19(24)11-10-15-6-3-4-9-18(15)21/h3-12,14H,1-2H3,(H,22,25)/b11-10+/t14-/m1/s1. The Morgan fingerprint density at radius 2 is 1.85 bits per heavy atom. The Kier molecular flexibility index (Phi) is 6.69. The molecule has 1 N–H and O–H groups in total. The number of nitrogens with one attached hydrogen (secondary N) is 1. The molecule has 5 nitrogen and oxygen atoms in total. The van der Waals surface area contributed by atoms with E-state index in [2.05, 4.69) is 5.32 Å². The fraction of sp³-hybridized carbons (Fsp3) is 0.150. The van der Waals surface area contributed by atoms with Crippen LogP contribution in [0.4, 0.5) is 5.69 Å². The second-order valence-electron chi connectivity index (χ2n) is 5.56. The lowest BCUT2D eigenvalue weighted by Gasteiger charge is -2.12. The summed E-state index contributed by atoms with van der Waals surface area (Å²) in [5.41, 5.74) is 1.61. The molecular weight excluding hydrogens is 354 g/mol. The van der Waals surface area contributed by atoms with E-state index in [4.69, 9.17) is 16.3 Å². The maximum atomic E-state index is 12.1. The summed E-state index contributed by atoms with van der Waals surface area (Å²) < 4.78 is 5.08. The molecule has 0 saturated carbocycles. The van der Waals surface area contributed by atoms with Gasteiger partial charge >= 0.3 is 5.97 Å². The molecule has 6 heteroatoms. The molecule has 134 valence electrons. The number of ether oxygens (including phenoxy) is 1. The highest BCUT2D eigenvalue weighted by Gasteiger charge is 2.17. The molecule has 1 amide bonds. The van der Waals surface area contributed by atoms with Crippen LogP contribution >= 0.6 is 11.6 Å². The Labute approximate surface area is 156 Å². The largest absolute Gasteiger partial charge is 0.449 e. The average molecular weight is 372 g/mol. The quantitative estimate of drug-likeness (QED) is 0.471. The highest BCUT2D eigenvalue weighted by Crippen LogP contribution is 2.16. The summed E-state index contributed by atoms with van der Waals surface area (Å²) in [6, 6.07) is 13.6. The molecule has 0 fully saturated rings. The summed E-state index contributed by atoms with van der Waals surface area (Å²) in [5.74, 6) is -1.26. The highest BCUT2D eigenvalue weighted by atomic mass is 35.5. The van der Waals surface area contributed by atoms with Gasteiger partial charge in [-0.05, 0) is 43.7 Å². The summed E-state index contributed by atoms with van der Waals surface area (Å²) in [5, 5.41) is 3.12. The topological polar surface area (TPSA) is 72.5 Å². The molecule has 0 saturated heterocycles. The van der Waals surface area contributed by atoms with Gasteiger partial charge in [0.25, 0.3) is 5.91 Å². The van der Waals surface area contributed by atoms with E-state index in [0.29, 0.717) is 21.8 Å². The third-order valence-corrected chi connectivity index (χ3v) is 3.85. The van der Waals surface area contributed by atoms with Crippen LogP contribution in [0.25, 0.3) is 6.08 Å². The van der Waals surface area contributed by atoms with Crippen molar-refractivity contribution in [2.24, 2.45) is 0 Å². The lowest BCUT2D eigenvalue weighted by atomic mass is 10.1. The molecule has 0 radical (unpaired) electrons. The first-order chi connectivity index (χ1) is 12.4. The number of carbonyl (C=O) groups excluding carboxylic acids is 3. The van der Waals surface area contributed by atoms with Crippen LogP contribution in [0.1, 0.15) is 29.8 Å². The van der Waals surface area contributed by atoms with Crippen molar-refractivity contribution in [2.75, 3.05) is 5.32 Å². The number of hydrogen-bond donors (Lipinski definition) is 1. The predicted octanol–water partition coefficient (Wildman–Crippen LogP) is 4.13. The molecule has 2 rings (SSSR count). The van der Waals surface area contributed by atoms with Crippen molar-refractivity contribution in [3.05, 3.63) is 70.8 Å². The molecule has 2 aromatic carbocycles. The van der Waals surface area contributed by atoms with Crippen molar-refractivity contribution in [3.8, 4) is 0 Å². The van der Waals surface area contributed by atoms with Crippen molar-refractivity contribution >= 4 is 41.0 Å². The number of hydrogen-bond acceptors (Lipinski definition) is 4. The zero-order chi connectivity index (χ0) is 19.1. The normalized spacial score (nSPS) is 11.8. The Bertz CT molecular complexity index is 860. The second kappa shape index (κ2) is 8.97. The summed E-state index contributed by atoms with van der Waals surface area (Å²) >= 11 is 6.00. The van der Waals surface area contributed by atoms with Crippen molar-refractivity contribution in [2.45, 2.75) is 20.0 Å². The molecule has 1 atom stereocenters. The van der Waals surface area contributed by atoms with E-state index >= 15 is 0 Å². The molecule has 0 bridgehead atoms. The maximum Gasteiger partial charge on any atom is 0.331 e. The monoisotopic (exact) mass is 371 g/mol.